The lowest BCUT2D eigenvalue weighted by Gasteiger charge is -2.35. The molecule has 0 radical (unpaired) electrons. The fourth-order valence-corrected chi connectivity index (χ4v) is 2.78. The van der Waals surface area contributed by atoms with Gasteiger partial charge in [-0.1, -0.05) is 0 Å². The highest BCUT2D eigenvalue weighted by atomic mass is 16.5. The molecule has 1 fully saturated rings. The van der Waals surface area contributed by atoms with Gasteiger partial charge in [0.2, 0.25) is 5.91 Å². The fraction of sp³-hybridized carbons (Fsp3) is 0.500. The van der Waals surface area contributed by atoms with Crippen molar-refractivity contribution in [2.24, 2.45) is 0 Å². The quantitative estimate of drug-likeness (QED) is 0.699. The van der Waals surface area contributed by atoms with Crippen molar-refractivity contribution >= 4 is 17.8 Å². The lowest BCUT2D eigenvalue weighted by atomic mass is 10.1. The molecule has 1 heterocycles. The summed E-state index contributed by atoms with van der Waals surface area (Å²) in [5.41, 5.74) is 0.428. The van der Waals surface area contributed by atoms with Gasteiger partial charge in [0.25, 0.3) is 5.91 Å². The smallest absolute Gasteiger partial charge is 0.306 e. The Hall–Kier alpha value is -2.77. The Morgan fingerprint density at radius 1 is 0.923 bits per heavy atom. The van der Waals surface area contributed by atoms with Gasteiger partial charge in [-0.2, -0.15) is 0 Å². The van der Waals surface area contributed by atoms with Crippen molar-refractivity contribution in [3.63, 3.8) is 0 Å². The van der Waals surface area contributed by atoms with Crippen LogP contribution in [0, 0.1) is 0 Å². The Kier molecular flexibility index (Phi) is 6.82. The van der Waals surface area contributed by atoms with E-state index in [-0.39, 0.29) is 24.7 Å². The van der Waals surface area contributed by atoms with Crippen LogP contribution in [0.3, 0.4) is 0 Å². The summed E-state index contributed by atoms with van der Waals surface area (Å²) in [6, 6.07) is 5.07. The van der Waals surface area contributed by atoms with Gasteiger partial charge in [0.05, 0.1) is 33.3 Å². The monoisotopic (exact) mass is 364 g/mol. The Morgan fingerprint density at radius 3 is 2.15 bits per heavy atom. The molecule has 1 aromatic carbocycles. The number of amides is 2. The summed E-state index contributed by atoms with van der Waals surface area (Å²) in [5.74, 6) is 0.374. The Balaban J connectivity index is 1.96. The molecule has 0 aliphatic carbocycles. The van der Waals surface area contributed by atoms with E-state index in [1.807, 2.05) is 0 Å². The van der Waals surface area contributed by atoms with Crippen molar-refractivity contribution in [1.29, 1.82) is 0 Å². The van der Waals surface area contributed by atoms with Crippen molar-refractivity contribution in [1.82, 2.24) is 9.80 Å². The molecule has 0 atom stereocenters. The van der Waals surface area contributed by atoms with Crippen LogP contribution < -0.4 is 9.47 Å². The van der Waals surface area contributed by atoms with E-state index in [2.05, 4.69) is 4.74 Å². The number of ether oxygens (including phenoxy) is 3. The molecule has 26 heavy (non-hydrogen) atoms. The first-order valence-electron chi connectivity index (χ1n) is 8.36. The van der Waals surface area contributed by atoms with E-state index in [1.54, 1.807) is 28.0 Å². The molecule has 0 saturated carbocycles. The number of benzene rings is 1. The fourth-order valence-electron chi connectivity index (χ4n) is 2.78. The molecule has 1 aliphatic heterocycles. The van der Waals surface area contributed by atoms with Crippen LogP contribution >= 0.6 is 0 Å². The highest BCUT2D eigenvalue weighted by Crippen LogP contribution is 2.25. The van der Waals surface area contributed by atoms with Gasteiger partial charge >= 0.3 is 5.97 Å². The number of carbonyl (C=O) groups excluding carboxylic acids is 3. The Labute approximate surface area is 152 Å². The predicted molar refractivity (Wildman–Crippen MR) is 93.3 cm³/mol. The first-order valence-corrected chi connectivity index (χ1v) is 8.36. The number of methoxy groups -OCH3 is 3. The third kappa shape index (κ3) is 4.65. The number of hydrogen-bond acceptors (Lipinski definition) is 6. The van der Waals surface area contributed by atoms with Crippen molar-refractivity contribution in [2.45, 2.75) is 12.8 Å². The number of hydrogen-bond donors (Lipinski definition) is 0. The summed E-state index contributed by atoms with van der Waals surface area (Å²) in [6.45, 7) is 1.70. The van der Waals surface area contributed by atoms with Gasteiger partial charge in [-0.3, -0.25) is 14.4 Å². The van der Waals surface area contributed by atoms with Gasteiger partial charge in [0.15, 0.2) is 0 Å². The summed E-state index contributed by atoms with van der Waals surface area (Å²) in [5, 5.41) is 0. The zero-order chi connectivity index (χ0) is 19.1. The molecule has 0 unspecified atom stereocenters. The van der Waals surface area contributed by atoms with Gasteiger partial charge in [0, 0.05) is 32.6 Å². The van der Waals surface area contributed by atoms with Gasteiger partial charge < -0.3 is 24.0 Å². The largest absolute Gasteiger partial charge is 0.497 e. The van der Waals surface area contributed by atoms with Crippen molar-refractivity contribution in [3.05, 3.63) is 23.8 Å². The summed E-state index contributed by atoms with van der Waals surface area (Å²) < 4.78 is 15.0. The second kappa shape index (κ2) is 9.07. The average Bonchev–Trinajstić information content (AvgIpc) is 2.70. The molecule has 0 bridgehead atoms. The van der Waals surface area contributed by atoms with Gasteiger partial charge in [-0.05, 0) is 18.2 Å². The van der Waals surface area contributed by atoms with Gasteiger partial charge in [0.1, 0.15) is 11.5 Å². The summed E-state index contributed by atoms with van der Waals surface area (Å²) in [4.78, 5) is 39.4. The van der Waals surface area contributed by atoms with E-state index in [1.165, 1.54) is 21.3 Å². The third-order valence-corrected chi connectivity index (χ3v) is 4.33. The van der Waals surface area contributed by atoms with E-state index in [9.17, 15) is 14.4 Å². The second-order valence-electron chi connectivity index (χ2n) is 5.82. The van der Waals surface area contributed by atoms with Crippen LogP contribution in [-0.4, -0.2) is 75.1 Å². The summed E-state index contributed by atoms with van der Waals surface area (Å²) in [7, 11) is 4.34. The molecule has 0 spiro atoms. The van der Waals surface area contributed by atoms with E-state index < -0.39 is 5.97 Å². The molecular weight excluding hydrogens is 340 g/mol. The first-order chi connectivity index (χ1) is 12.5. The minimum atomic E-state index is -0.405. The number of esters is 1. The molecule has 2 rings (SSSR count). The molecule has 1 saturated heterocycles. The zero-order valence-electron chi connectivity index (χ0n) is 15.3. The van der Waals surface area contributed by atoms with Crippen LogP contribution in [-0.2, 0) is 14.3 Å². The van der Waals surface area contributed by atoms with Crippen molar-refractivity contribution < 1.29 is 28.6 Å². The normalized spacial score (nSPS) is 14.0. The molecule has 8 heteroatoms. The SMILES string of the molecule is COC(=O)CCC(=O)N1CCN(C(=O)c2cc(OC)ccc2OC)CC1. The highest BCUT2D eigenvalue weighted by Gasteiger charge is 2.27. The van der Waals surface area contributed by atoms with Crippen LogP contribution in [0.1, 0.15) is 23.2 Å². The minimum absolute atomic E-state index is 0.0650. The second-order valence-corrected chi connectivity index (χ2v) is 5.82. The van der Waals surface area contributed by atoms with Gasteiger partial charge in [-0.15, -0.1) is 0 Å². The van der Waals surface area contributed by atoms with Crippen LogP contribution in [0.5, 0.6) is 11.5 Å². The topological polar surface area (TPSA) is 85.4 Å². The summed E-state index contributed by atoms with van der Waals surface area (Å²) >= 11 is 0. The van der Waals surface area contributed by atoms with Crippen LogP contribution in [0.2, 0.25) is 0 Å². The van der Waals surface area contributed by atoms with Gasteiger partial charge in [-0.25, -0.2) is 0 Å². The molecular formula is C18H24N2O6. The van der Waals surface area contributed by atoms with Crippen LogP contribution in [0.15, 0.2) is 18.2 Å². The molecule has 1 aromatic rings. The zero-order valence-corrected chi connectivity index (χ0v) is 15.3. The number of nitrogens with zero attached hydrogens (tertiary/aromatic N) is 2. The maximum absolute atomic E-state index is 12.8. The van der Waals surface area contributed by atoms with Crippen LogP contribution in [0.4, 0.5) is 0 Å². The number of carbonyl (C=O) groups is 3. The number of rotatable bonds is 6. The standard InChI is InChI=1S/C18H24N2O6/c1-24-13-4-5-15(25-2)14(12-13)18(23)20-10-8-19(9-11-20)16(21)6-7-17(22)26-3/h4-5,12H,6-11H2,1-3H3. The maximum atomic E-state index is 12.8. The lowest BCUT2D eigenvalue weighted by Crippen LogP contribution is -2.50. The third-order valence-electron chi connectivity index (χ3n) is 4.33. The lowest BCUT2D eigenvalue weighted by molar-refractivity contribution is -0.143. The number of piperazine rings is 1. The minimum Gasteiger partial charge on any atom is -0.497 e. The molecule has 2 amide bonds. The summed E-state index contributed by atoms with van der Waals surface area (Å²) in [6.07, 6.45) is 0.180. The molecule has 1 aliphatic rings. The average molecular weight is 364 g/mol. The molecule has 0 N–H and O–H groups in total. The van der Waals surface area contributed by atoms with E-state index >= 15 is 0 Å². The molecule has 0 aromatic heterocycles. The molecule has 142 valence electrons. The first kappa shape index (κ1) is 19.6. The van der Waals surface area contributed by atoms with E-state index in [4.69, 9.17) is 9.47 Å². The predicted octanol–water partition coefficient (Wildman–Crippen LogP) is 0.941. The van der Waals surface area contributed by atoms with Crippen LogP contribution in [0.25, 0.3) is 0 Å². The van der Waals surface area contributed by atoms with Crippen molar-refractivity contribution in [2.75, 3.05) is 47.5 Å². The highest BCUT2D eigenvalue weighted by molar-refractivity contribution is 5.97. The van der Waals surface area contributed by atoms with E-state index in [0.29, 0.717) is 43.2 Å². The Bertz CT molecular complexity index is 668. The molecule has 8 nitrogen and oxygen atoms in total. The van der Waals surface area contributed by atoms with E-state index in [0.717, 1.165) is 0 Å². The Morgan fingerprint density at radius 2 is 1.58 bits per heavy atom. The van der Waals surface area contributed by atoms with Crippen molar-refractivity contribution in [3.8, 4) is 11.5 Å². The maximum Gasteiger partial charge on any atom is 0.306 e.